The number of halogens is 1. The summed E-state index contributed by atoms with van der Waals surface area (Å²) in [5.74, 6) is -3.60. The highest BCUT2D eigenvalue weighted by atomic mass is 35.5. The number of hydrazine groups is 1. The van der Waals surface area contributed by atoms with Gasteiger partial charge >= 0.3 is 11.9 Å². The van der Waals surface area contributed by atoms with Gasteiger partial charge < -0.3 is 14.2 Å². The lowest BCUT2D eigenvalue weighted by atomic mass is 9.95. The number of nitrogens with one attached hydrogen (secondary N) is 1. The Hall–Kier alpha value is -1.80. The van der Waals surface area contributed by atoms with Crippen LogP contribution in [0.5, 0.6) is 0 Å². The molecule has 8 nitrogen and oxygen atoms in total. The van der Waals surface area contributed by atoms with Gasteiger partial charge in [-0.05, 0) is 13.8 Å². The van der Waals surface area contributed by atoms with E-state index in [2.05, 4.69) is 5.43 Å². The van der Waals surface area contributed by atoms with E-state index in [4.69, 9.17) is 25.8 Å². The van der Waals surface area contributed by atoms with Crippen LogP contribution in [0, 0.1) is 5.92 Å². The second kappa shape index (κ2) is 8.60. The largest absolute Gasteiger partial charge is 0.465 e. The third-order valence-corrected chi connectivity index (χ3v) is 3.18. The highest BCUT2D eigenvalue weighted by Crippen LogP contribution is 2.26. The predicted octanol–water partition coefficient (Wildman–Crippen LogP) is 0.171. The predicted molar refractivity (Wildman–Crippen MR) is 76.3 cm³/mol. The van der Waals surface area contributed by atoms with Crippen molar-refractivity contribution in [1.29, 1.82) is 0 Å². The Morgan fingerprint density at radius 1 is 1.32 bits per heavy atom. The average Bonchev–Trinajstić information content (AvgIpc) is 2.45. The van der Waals surface area contributed by atoms with Crippen LogP contribution < -0.4 is 5.43 Å². The Morgan fingerprint density at radius 2 is 1.86 bits per heavy atom. The number of ether oxygens (including phenoxy) is 3. The molecule has 0 fully saturated rings. The van der Waals surface area contributed by atoms with Crippen LogP contribution in [0.3, 0.4) is 0 Å². The first kappa shape index (κ1) is 18.2. The fraction of sp³-hybridized carbons (Fsp3) is 0.615. The van der Waals surface area contributed by atoms with Crippen molar-refractivity contribution in [3.8, 4) is 0 Å². The SMILES string of the molecule is CCOC(=O)C(C(=O)OCC)C1=CN(COC)NC(=O)C1Cl. The van der Waals surface area contributed by atoms with Gasteiger partial charge in [-0.1, -0.05) is 0 Å². The van der Waals surface area contributed by atoms with E-state index < -0.39 is 29.1 Å². The zero-order chi connectivity index (χ0) is 16.7. The van der Waals surface area contributed by atoms with Gasteiger partial charge in [0, 0.05) is 18.9 Å². The van der Waals surface area contributed by atoms with Crippen molar-refractivity contribution in [1.82, 2.24) is 10.4 Å². The van der Waals surface area contributed by atoms with Gasteiger partial charge in [-0.25, -0.2) is 0 Å². The number of carbonyl (C=O) groups is 3. The van der Waals surface area contributed by atoms with Gasteiger partial charge in [0.25, 0.3) is 5.91 Å². The molecular formula is C13H19ClN2O6. The summed E-state index contributed by atoms with van der Waals surface area (Å²) in [5, 5.41) is 0.0917. The van der Waals surface area contributed by atoms with Crippen molar-refractivity contribution in [2.24, 2.45) is 5.92 Å². The molecule has 1 atom stereocenters. The summed E-state index contributed by atoms with van der Waals surface area (Å²) >= 11 is 6.02. The van der Waals surface area contributed by atoms with Crippen molar-refractivity contribution in [3.05, 3.63) is 11.8 Å². The van der Waals surface area contributed by atoms with E-state index in [0.717, 1.165) is 0 Å². The molecule has 9 heteroatoms. The molecule has 0 aromatic rings. The normalized spacial score (nSPS) is 17.9. The first-order chi connectivity index (χ1) is 10.5. The quantitative estimate of drug-likeness (QED) is 0.403. The van der Waals surface area contributed by atoms with E-state index in [1.165, 1.54) is 18.3 Å². The summed E-state index contributed by atoms with van der Waals surface area (Å²) in [6, 6.07) is 0. The molecule has 0 aliphatic carbocycles. The van der Waals surface area contributed by atoms with Gasteiger partial charge in [0.1, 0.15) is 12.1 Å². The van der Waals surface area contributed by atoms with Crippen LogP contribution >= 0.6 is 11.6 Å². The Kier molecular flexibility index (Phi) is 7.13. The molecule has 1 amide bonds. The summed E-state index contributed by atoms with van der Waals surface area (Å²) in [6.45, 7) is 3.41. The van der Waals surface area contributed by atoms with Crippen molar-refractivity contribution in [3.63, 3.8) is 0 Å². The molecule has 124 valence electrons. The van der Waals surface area contributed by atoms with Crippen LogP contribution in [0.15, 0.2) is 11.8 Å². The van der Waals surface area contributed by atoms with Gasteiger partial charge in [-0.2, -0.15) is 0 Å². The Morgan fingerprint density at radius 3 is 2.32 bits per heavy atom. The average molecular weight is 335 g/mol. The number of rotatable bonds is 7. The first-order valence-corrected chi connectivity index (χ1v) is 7.14. The number of carbonyl (C=O) groups excluding carboxylic acids is 3. The molecule has 1 aliphatic heterocycles. The van der Waals surface area contributed by atoms with Crippen LogP contribution in [0.1, 0.15) is 13.8 Å². The second-order valence-electron chi connectivity index (χ2n) is 4.29. The highest BCUT2D eigenvalue weighted by molar-refractivity contribution is 6.33. The zero-order valence-corrected chi connectivity index (χ0v) is 13.4. The summed E-state index contributed by atoms with van der Waals surface area (Å²) in [5.41, 5.74) is 2.53. The molecule has 1 aliphatic rings. The Labute approximate surface area is 133 Å². The van der Waals surface area contributed by atoms with E-state index in [1.807, 2.05) is 0 Å². The first-order valence-electron chi connectivity index (χ1n) is 6.71. The van der Waals surface area contributed by atoms with E-state index in [-0.39, 0.29) is 25.5 Å². The van der Waals surface area contributed by atoms with Crippen LogP contribution in [0.4, 0.5) is 0 Å². The van der Waals surface area contributed by atoms with Gasteiger partial charge in [0.05, 0.1) is 13.2 Å². The van der Waals surface area contributed by atoms with E-state index in [0.29, 0.717) is 0 Å². The maximum atomic E-state index is 12.1. The molecule has 1 unspecified atom stereocenters. The molecule has 0 bridgehead atoms. The standard InChI is InChI=1S/C13H19ClN2O6/c1-4-21-12(18)9(13(19)22-5-2)8-6-16(7-20-3)15-11(17)10(8)14/h6,9-10H,4-5,7H2,1-3H3,(H,15,17). The zero-order valence-electron chi connectivity index (χ0n) is 12.6. The van der Waals surface area contributed by atoms with E-state index in [9.17, 15) is 14.4 Å². The lowest BCUT2D eigenvalue weighted by Crippen LogP contribution is -2.50. The molecule has 22 heavy (non-hydrogen) atoms. The van der Waals surface area contributed by atoms with Crippen molar-refractivity contribution >= 4 is 29.4 Å². The molecule has 1 N–H and O–H groups in total. The monoisotopic (exact) mass is 334 g/mol. The van der Waals surface area contributed by atoms with Crippen LogP contribution in [-0.2, 0) is 28.6 Å². The van der Waals surface area contributed by atoms with Crippen molar-refractivity contribution in [2.75, 3.05) is 27.1 Å². The second-order valence-corrected chi connectivity index (χ2v) is 4.73. The lowest BCUT2D eigenvalue weighted by Gasteiger charge is -2.31. The summed E-state index contributed by atoms with van der Waals surface area (Å²) in [4.78, 5) is 36.0. The van der Waals surface area contributed by atoms with E-state index in [1.54, 1.807) is 13.8 Å². The van der Waals surface area contributed by atoms with Gasteiger partial charge in [0.15, 0.2) is 5.92 Å². The molecule has 0 aromatic carbocycles. The van der Waals surface area contributed by atoms with Crippen molar-refractivity contribution < 1.29 is 28.6 Å². The molecule has 1 heterocycles. The topological polar surface area (TPSA) is 94.2 Å². The smallest absolute Gasteiger partial charge is 0.324 e. The van der Waals surface area contributed by atoms with Crippen molar-refractivity contribution in [2.45, 2.75) is 19.2 Å². The molecule has 0 spiro atoms. The van der Waals surface area contributed by atoms with E-state index >= 15 is 0 Å². The third kappa shape index (κ3) is 4.35. The number of methoxy groups -OCH3 is 1. The lowest BCUT2D eigenvalue weighted by molar-refractivity contribution is -0.159. The minimum Gasteiger partial charge on any atom is -0.465 e. The van der Waals surface area contributed by atoms with Gasteiger partial charge in [0.2, 0.25) is 0 Å². The molecule has 1 rings (SSSR count). The number of amides is 1. The maximum Gasteiger partial charge on any atom is 0.324 e. The third-order valence-electron chi connectivity index (χ3n) is 2.73. The minimum atomic E-state index is -1.40. The summed E-state index contributed by atoms with van der Waals surface area (Å²) in [7, 11) is 1.43. The number of hydrogen-bond donors (Lipinski definition) is 1. The molecule has 0 saturated heterocycles. The fourth-order valence-corrected chi connectivity index (χ4v) is 2.11. The number of nitrogens with zero attached hydrogens (tertiary/aromatic N) is 1. The van der Waals surface area contributed by atoms with Gasteiger partial charge in [-0.15, -0.1) is 11.6 Å². The molecular weight excluding hydrogens is 316 g/mol. The van der Waals surface area contributed by atoms with Crippen LogP contribution in [0.25, 0.3) is 0 Å². The van der Waals surface area contributed by atoms with Gasteiger partial charge in [-0.3, -0.25) is 24.8 Å². The summed E-state index contributed by atoms with van der Waals surface area (Å²) < 4.78 is 14.7. The highest BCUT2D eigenvalue weighted by Gasteiger charge is 2.41. The number of alkyl halides is 1. The Balaban J connectivity index is 3.15. The fourth-order valence-electron chi connectivity index (χ4n) is 1.88. The maximum absolute atomic E-state index is 12.1. The van der Waals surface area contributed by atoms with Crippen LogP contribution in [0.2, 0.25) is 0 Å². The number of hydrogen-bond acceptors (Lipinski definition) is 7. The summed E-state index contributed by atoms with van der Waals surface area (Å²) in [6.07, 6.45) is 1.38. The molecule has 0 aromatic heterocycles. The molecule has 0 radical (unpaired) electrons. The Bertz CT molecular complexity index is 449. The molecule has 0 saturated carbocycles. The number of esters is 2. The van der Waals surface area contributed by atoms with Crippen LogP contribution in [-0.4, -0.2) is 55.3 Å². The minimum absolute atomic E-state index is 0.0250.